The first-order valence-electron chi connectivity index (χ1n) is 13.4. The van der Waals surface area contributed by atoms with Crippen molar-refractivity contribution in [3.8, 4) is 5.75 Å². The van der Waals surface area contributed by atoms with Gasteiger partial charge in [-0.1, -0.05) is 12.1 Å². The molecule has 9 nitrogen and oxygen atoms in total. The number of likely N-dealkylation sites (tertiary alicyclic amines) is 1. The van der Waals surface area contributed by atoms with E-state index in [1.807, 2.05) is 26.0 Å². The van der Waals surface area contributed by atoms with Crippen molar-refractivity contribution < 1.29 is 9.53 Å². The summed E-state index contributed by atoms with van der Waals surface area (Å²) in [4.78, 5) is 44.8. The van der Waals surface area contributed by atoms with Crippen LogP contribution in [0.5, 0.6) is 5.75 Å². The zero-order valence-electron chi connectivity index (χ0n) is 23.2. The first kappa shape index (κ1) is 27.6. The van der Waals surface area contributed by atoms with Crippen LogP contribution < -0.4 is 21.3 Å². The summed E-state index contributed by atoms with van der Waals surface area (Å²) in [6.07, 6.45) is 4.02. The fraction of sp³-hybridized carbons (Fsp3) is 0.517. The Hall–Kier alpha value is -3.46. The maximum absolute atomic E-state index is 12.8. The van der Waals surface area contributed by atoms with Crippen LogP contribution in [0.4, 0.5) is 0 Å². The molecule has 38 heavy (non-hydrogen) atoms. The van der Waals surface area contributed by atoms with Crippen LogP contribution in [0.15, 0.2) is 33.9 Å². The Balaban J connectivity index is 1.25. The zero-order valence-corrected chi connectivity index (χ0v) is 23.2. The standard InChI is InChI=1S/C29H39N5O4/c1-19-24(20(2)31-27-26(19)28(36)33(4)29(37)32(27)3)10-11-25(35)30-18-22-13-16-34(17-14-22)15-12-21-6-8-23(38-5)9-7-21/h6-9,22H,10-18H2,1-5H3,(H,30,35). The summed E-state index contributed by atoms with van der Waals surface area (Å²) in [7, 11) is 4.78. The number of pyridine rings is 1. The van der Waals surface area contributed by atoms with Crippen molar-refractivity contribution >= 4 is 16.9 Å². The van der Waals surface area contributed by atoms with Crippen molar-refractivity contribution in [3.63, 3.8) is 0 Å². The second kappa shape index (κ2) is 11.9. The smallest absolute Gasteiger partial charge is 0.332 e. The summed E-state index contributed by atoms with van der Waals surface area (Å²) in [5.74, 6) is 1.39. The van der Waals surface area contributed by atoms with Crippen LogP contribution in [0.2, 0.25) is 0 Å². The third-order valence-corrected chi connectivity index (χ3v) is 7.94. The number of hydrogen-bond donors (Lipinski definition) is 1. The van der Waals surface area contributed by atoms with E-state index < -0.39 is 5.69 Å². The lowest BCUT2D eigenvalue weighted by Crippen LogP contribution is -2.39. The van der Waals surface area contributed by atoms with Crippen LogP contribution in [0.1, 0.15) is 41.6 Å². The highest BCUT2D eigenvalue weighted by molar-refractivity contribution is 5.80. The van der Waals surface area contributed by atoms with Crippen LogP contribution in [-0.4, -0.2) is 58.2 Å². The van der Waals surface area contributed by atoms with Crippen LogP contribution in [0, 0.1) is 19.8 Å². The molecular formula is C29H39N5O4. The van der Waals surface area contributed by atoms with E-state index in [1.54, 1.807) is 14.2 Å². The van der Waals surface area contributed by atoms with E-state index in [9.17, 15) is 14.4 Å². The lowest BCUT2D eigenvalue weighted by atomic mass is 9.96. The SMILES string of the molecule is COc1ccc(CCN2CCC(CNC(=O)CCc3c(C)nc4c(c3C)c(=O)n(C)c(=O)n4C)CC2)cc1. The minimum atomic E-state index is -0.399. The van der Waals surface area contributed by atoms with Gasteiger partial charge in [0.1, 0.15) is 11.4 Å². The number of hydrogen-bond acceptors (Lipinski definition) is 6. The highest BCUT2D eigenvalue weighted by atomic mass is 16.5. The monoisotopic (exact) mass is 521 g/mol. The van der Waals surface area contributed by atoms with E-state index in [1.165, 1.54) is 17.2 Å². The molecule has 4 rings (SSSR count). The molecule has 1 saturated heterocycles. The Morgan fingerprint density at radius 2 is 1.74 bits per heavy atom. The molecule has 0 spiro atoms. The number of piperidine rings is 1. The molecule has 1 aromatic carbocycles. The van der Waals surface area contributed by atoms with Crippen molar-refractivity contribution in [3.05, 3.63) is 67.5 Å². The first-order valence-corrected chi connectivity index (χ1v) is 13.4. The molecule has 1 aliphatic heterocycles. The first-order chi connectivity index (χ1) is 18.2. The van der Waals surface area contributed by atoms with E-state index in [0.29, 0.717) is 36.3 Å². The Labute approximate surface area is 223 Å². The topological polar surface area (TPSA) is 98.5 Å². The number of methoxy groups -OCH3 is 1. The third-order valence-electron chi connectivity index (χ3n) is 7.94. The largest absolute Gasteiger partial charge is 0.497 e. The minimum absolute atomic E-state index is 0.0131. The number of aromatic nitrogens is 3. The molecule has 0 unspecified atom stereocenters. The molecule has 1 aliphatic rings. The van der Waals surface area contributed by atoms with E-state index >= 15 is 0 Å². The van der Waals surface area contributed by atoms with Crippen LogP contribution in [0.25, 0.3) is 11.0 Å². The van der Waals surface area contributed by atoms with E-state index in [-0.39, 0.29) is 11.5 Å². The summed E-state index contributed by atoms with van der Waals surface area (Å²) in [5, 5.41) is 3.56. The molecule has 0 atom stereocenters. The van der Waals surface area contributed by atoms with Crippen molar-refractivity contribution in [1.29, 1.82) is 0 Å². The molecule has 1 fully saturated rings. The van der Waals surface area contributed by atoms with Crippen LogP contribution >= 0.6 is 0 Å². The average molecular weight is 522 g/mol. The van der Waals surface area contributed by atoms with Crippen molar-refractivity contribution in [2.45, 2.75) is 46.0 Å². The summed E-state index contributed by atoms with van der Waals surface area (Å²) >= 11 is 0. The van der Waals surface area contributed by atoms with E-state index in [2.05, 4.69) is 27.3 Å². The van der Waals surface area contributed by atoms with Gasteiger partial charge in [-0.05, 0) is 87.4 Å². The molecule has 2 aromatic heterocycles. The number of carbonyl (C=O) groups is 1. The number of nitrogens with one attached hydrogen (secondary N) is 1. The molecule has 3 aromatic rings. The zero-order chi connectivity index (χ0) is 27.4. The number of benzene rings is 1. The van der Waals surface area contributed by atoms with Gasteiger partial charge in [0.25, 0.3) is 5.56 Å². The van der Waals surface area contributed by atoms with Gasteiger partial charge in [0.05, 0.1) is 12.5 Å². The fourth-order valence-corrected chi connectivity index (χ4v) is 5.39. The number of nitrogens with zero attached hydrogens (tertiary/aromatic N) is 4. The Kier molecular flexibility index (Phi) is 8.66. The number of amides is 1. The summed E-state index contributed by atoms with van der Waals surface area (Å²) in [5.41, 5.74) is 3.38. The maximum Gasteiger partial charge on any atom is 0.332 e. The predicted octanol–water partition coefficient (Wildman–Crippen LogP) is 2.26. The van der Waals surface area contributed by atoms with Gasteiger partial charge in [-0.2, -0.15) is 0 Å². The van der Waals surface area contributed by atoms with Crippen LogP contribution in [-0.2, 0) is 31.7 Å². The molecule has 9 heteroatoms. The lowest BCUT2D eigenvalue weighted by Gasteiger charge is -2.32. The predicted molar refractivity (Wildman–Crippen MR) is 149 cm³/mol. The number of aryl methyl sites for hydroxylation is 3. The summed E-state index contributed by atoms with van der Waals surface area (Å²) in [6, 6.07) is 8.27. The van der Waals surface area contributed by atoms with Crippen molar-refractivity contribution in [1.82, 2.24) is 24.3 Å². The normalized spacial score (nSPS) is 14.7. The third kappa shape index (κ3) is 5.99. The Bertz CT molecular complexity index is 1420. The maximum atomic E-state index is 12.8. The molecule has 0 saturated carbocycles. The molecule has 0 aliphatic carbocycles. The van der Waals surface area contributed by atoms with Gasteiger partial charge in [0.2, 0.25) is 5.91 Å². The molecule has 204 valence electrons. The number of fused-ring (bicyclic) bond motifs is 1. The fourth-order valence-electron chi connectivity index (χ4n) is 5.39. The second-order valence-electron chi connectivity index (χ2n) is 10.4. The molecule has 1 amide bonds. The molecular weight excluding hydrogens is 482 g/mol. The summed E-state index contributed by atoms with van der Waals surface area (Å²) in [6.45, 7) is 7.58. The van der Waals surface area contributed by atoms with Gasteiger partial charge < -0.3 is 15.0 Å². The quantitative estimate of drug-likeness (QED) is 0.464. The average Bonchev–Trinajstić information content (AvgIpc) is 2.93. The number of rotatable bonds is 9. The highest BCUT2D eigenvalue weighted by Crippen LogP contribution is 2.21. The molecule has 0 radical (unpaired) electrons. The van der Waals surface area contributed by atoms with Gasteiger partial charge in [-0.15, -0.1) is 0 Å². The molecule has 0 bridgehead atoms. The highest BCUT2D eigenvalue weighted by Gasteiger charge is 2.21. The Morgan fingerprint density at radius 1 is 1.05 bits per heavy atom. The van der Waals surface area contributed by atoms with Crippen LogP contribution in [0.3, 0.4) is 0 Å². The lowest BCUT2D eigenvalue weighted by molar-refractivity contribution is -0.121. The van der Waals surface area contributed by atoms with Gasteiger partial charge in [0, 0.05) is 39.3 Å². The molecule has 3 heterocycles. The van der Waals surface area contributed by atoms with Crippen molar-refractivity contribution in [2.24, 2.45) is 20.0 Å². The van der Waals surface area contributed by atoms with Gasteiger partial charge >= 0.3 is 5.69 Å². The Morgan fingerprint density at radius 3 is 2.39 bits per heavy atom. The number of carbonyl (C=O) groups excluding carboxylic acids is 1. The van der Waals surface area contributed by atoms with Gasteiger partial charge in [0.15, 0.2) is 0 Å². The van der Waals surface area contributed by atoms with E-state index in [4.69, 9.17) is 4.74 Å². The van der Waals surface area contributed by atoms with Gasteiger partial charge in [-0.25, -0.2) is 9.78 Å². The van der Waals surface area contributed by atoms with Gasteiger partial charge in [-0.3, -0.25) is 18.7 Å². The molecule has 1 N–H and O–H groups in total. The van der Waals surface area contributed by atoms with E-state index in [0.717, 1.165) is 66.0 Å². The van der Waals surface area contributed by atoms with Crippen molar-refractivity contribution in [2.75, 3.05) is 33.3 Å². The summed E-state index contributed by atoms with van der Waals surface area (Å²) < 4.78 is 7.73. The number of ether oxygens (including phenoxy) is 1. The minimum Gasteiger partial charge on any atom is -0.497 e. The second-order valence-corrected chi connectivity index (χ2v) is 10.4.